The van der Waals surface area contributed by atoms with Crippen LogP contribution in [-0.4, -0.2) is 11.2 Å². The molecule has 1 aromatic carbocycles. The van der Waals surface area contributed by atoms with Crippen molar-refractivity contribution in [3.63, 3.8) is 0 Å². The van der Waals surface area contributed by atoms with Gasteiger partial charge in [0.15, 0.2) is 0 Å². The van der Waals surface area contributed by atoms with Crippen molar-refractivity contribution in [2.75, 3.05) is 0 Å². The molecular weight excluding hydrogens is 352 g/mol. The first-order valence-electron chi connectivity index (χ1n) is 6.09. The van der Waals surface area contributed by atoms with E-state index in [4.69, 9.17) is 46.4 Å². The van der Waals surface area contributed by atoms with Crippen LogP contribution in [0.2, 0.25) is 20.1 Å². The van der Waals surface area contributed by atoms with E-state index in [2.05, 4.69) is 0 Å². The molecule has 20 heavy (non-hydrogen) atoms. The molecule has 0 bridgehead atoms. The Morgan fingerprint density at radius 1 is 1.00 bits per heavy atom. The van der Waals surface area contributed by atoms with Gasteiger partial charge < -0.3 is 13.4 Å². The maximum Gasteiger partial charge on any atom is 1.00 e. The monoisotopic (exact) mass is 362 g/mol. The smallest absolute Gasteiger partial charge is 0.456 e. The summed E-state index contributed by atoms with van der Waals surface area (Å²) in [5.41, 5.74) is 0.561. The SMILES string of the molecule is O=C([P-]C1CCCCC1)c1c(Cl)c(Cl)cc(Cl)c1Cl.[Li+]. The van der Waals surface area contributed by atoms with Gasteiger partial charge in [-0.05, 0) is 6.07 Å². The second-order valence-electron chi connectivity index (χ2n) is 4.57. The van der Waals surface area contributed by atoms with E-state index in [0.29, 0.717) is 5.66 Å². The zero-order chi connectivity index (χ0) is 14.0. The zero-order valence-electron chi connectivity index (χ0n) is 11.1. The molecule has 1 fully saturated rings. The molecule has 0 spiro atoms. The fourth-order valence-corrected chi connectivity index (χ4v) is 4.62. The van der Waals surface area contributed by atoms with Gasteiger partial charge in [-0.15, -0.1) is 0 Å². The Morgan fingerprint density at radius 3 is 2.00 bits per heavy atom. The third-order valence-corrected chi connectivity index (χ3v) is 6.11. The Balaban J connectivity index is 0.00000200. The molecule has 2 rings (SSSR count). The normalized spacial score (nSPS) is 16.4. The Hall–Kier alpha value is 1.08. The van der Waals surface area contributed by atoms with Crippen molar-refractivity contribution in [1.82, 2.24) is 0 Å². The van der Waals surface area contributed by atoms with Gasteiger partial charge in [0.2, 0.25) is 0 Å². The topological polar surface area (TPSA) is 17.1 Å². The van der Waals surface area contributed by atoms with Gasteiger partial charge in [0, 0.05) is 11.1 Å². The van der Waals surface area contributed by atoms with Gasteiger partial charge in [0.1, 0.15) is 0 Å². The van der Waals surface area contributed by atoms with E-state index >= 15 is 0 Å². The molecule has 7 heteroatoms. The quantitative estimate of drug-likeness (QED) is 0.454. The van der Waals surface area contributed by atoms with Crippen molar-refractivity contribution in [3.05, 3.63) is 31.7 Å². The van der Waals surface area contributed by atoms with Crippen molar-refractivity contribution >= 4 is 60.5 Å². The minimum absolute atomic E-state index is 0. The second-order valence-corrected chi connectivity index (χ2v) is 7.53. The van der Waals surface area contributed by atoms with Crippen LogP contribution in [0.1, 0.15) is 42.5 Å². The number of rotatable bonds is 3. The van der Waals surface area contributed by atoms with Crippen molar-refractivity contribution < 1.29 is 23.7 Å². The standard InChI is InChI=1S/C13H12Cl4OP.Li/c14-8-6-9(15)12(17)10(11(8)16)13(18)19-7-4-2-1-3-5-7;/h6-7H,1-5H2;/q-1;+1. The van der Waals surface area contributed by atoms with Crippen molar-refractivity contribution in [3.8, 4) is 0 Å². The first-order valence-corrected chi connectivity index (χ1v) is 8.56. The van der Waals surface area contributed by atoms with Crippen molar-refractivity contribution in [1.29, 1.82) is 0 Å². The summed E-state index contributed by atoms with van der Waals surface area (Å²) < 4.78 is 0. The first-order chi connectivity index (χ1) is 9.00. The molecule has 0 saturated heterocycles. The van der Waals surface area contributed by atoms with Gasteiger partial charge in [0.05, 0.1) is 20.1 Å². The summed E-state index contributed by atoms with van der Waals surface area (Å²) in [6.07, 6.45) is 5.78. The molecule has 0 heterocycles. The van der Waals surface area contributed by atoms with Crippen LogP contribution in [0.5, 0.6) is 0 Å². The summed E-state index contributed by atoms with van der Waals surface area (Å²) in [6.45, 7) is 0. The van der Waals surface area contributed by atoms with Crippen LogP contribution in [0.3, 0.4) is 0 Å². The summed E-state index contributed by atoms with van der Waals surface area (Å²) in [6, 6.07) is 1.46. The van der Waals surface area contributed by atoms with E-state index in [9.17, 15) is 4.79 Å². The second kappa shape index (κ2) is 8.64. The van der Waals surface area contributed by atoms with Crippen LogP contribution in [0.15, 0.2) is 6.07 Å². The van der Waals surface area contributed by atoms with E-state index in [-0.39, 0.29) is 50.0 Å². The van der Waals surface area contributed by atoms with Crippen LogP contribution in [0, 0.1) is 0 Å². The van der Waals surface area contributed by atoms with Gasteiger partial charge in [-0.1, -0.05) is 78.5 Å². The molecule has 1 aliphatic carbocycles. The van der Waals surface area contributed by atoms with E-state index in [1.165, 1.54) is 25.3 Å². The van der Waals surface area contributed by atoms with Crippen LogP contribution < -0.4 is 18.9 Å². The van der Waals surface area contributed by atoms with Crippen molar-refractivity contribution in [2.24, 2.45) is 0 Å². The number of carbonyl (C=O) groups is 1. The van der Waals surface area contributed by atoms with Gasteiger partial charge in [-0.25, -0.2) is 0 Å². The Bertz CT molecular complexity index is 477. The fraction of sp³-hybridized carbons (Fsp3) is 0.462. The minimum Gasteiger partial charge on any atom is -0.456 e. The van der Waals surface area contributed by atoms with Crippen LogP contribution in [0.4, 0.5) is 0 Å². The van der Waals surface area contributed by atoms with Gasteiger partial charge in [0.25, 0.3) is 0 Å². The molecule has 1 saturated carbocycles. The number of halogens is 4. The summed E-state index contributed by atoms with van der Waals surface area (Å²) in [5.74, 6) is 0. The van der Waals surface area contributed by atoms with E-state index in [1.807, 2.05) is 0 Å². The zero-order valence-corrected chi connectivity index (χ0v) is 15.0. The molecule has 0 N–H and O–H groups in total. The Labute approximate surface area is 153 Å². The maximum atomic E-state index is 12.4. The number of carbonyl (C=O) groups excluding carboxylic acids is 1. The average Bonchev–Trinajstić information content (AvgIpc) is 2.38. The molecule has 0 amide bonds. The first kappa shape index (κ1) is 19.1. The third-order valence-electron chi connectivity index (χ3n) is 3.20. The molecule has 1 nitrogen and oxygen atoms in total. The summed E-state index contributed by atoms with van der Waals surface area (Å²) in [5, 5.41) is 0.922. The van der Waals surface area contributed by atoms with Crippen LogP contribution in [-0.2, 0) is 0 Å². The Kier molecular flexibility index (Phi) is 8.26. The van der Waals surface area contributed by atoms with Crippen LogP contribution in [0.25, 0.3) is 0 Å². The predicted molar refractivity (Wildman–Crippen MR) is 84.6 cm³/mol. The number of hydrogen-bond acceptors (Lipinski definition) is 1. The molecule has 0 unspecified atom stereocenters. The minimum atomic E-state index is -0.0914. The maximum absolute atomic E-state index is 12.4. The largest absolute Gasteiger partial charge is 1.00 e. The molecular formula is C13H12Cl4LiOP. The molecule has 104 valence electrons. The van der Waals surface area contributed by atoms with Crippen LogP contribution >= 0.6 is 55.0 Å². The van der Waals surface area contributed by atoms with E-state index in [0.717, 1.165) is 21.4 Å². The molecule has 0 radical (unpaired) electrons. The number of benzene rings is 1. The van der Waals surface area contributed by atoms with E-state index < -0.39 is 0 Å². The van der Waals surface area contributed by atoms with Crippen molar-refractivity contribution in [2.45, 2.75) is 37.8 Å². The molecule has 0 aliphatic heterocycles. The average molecular weight is 364 g/mol. The fourth-order valence-electron chi connectivity index (χ4n) is 2.20. The molecule has 1 aromatic rings. The van der Waals surface area contributed by atoms with Gasteiger partial charge in [-0.3, -0.25) is 0 Å². The van der Waals surface area contributed by atoms with Gasteiger partial charge in [-0.2, -0.15) is 5.66 Å². The molecule has 1 aliphatic rings. The summed E-state index contributed by atoms with van der Waals surface area (Å²) in [4.78, 5) is 12.4. The predicted octanol–water partition coefficient (Wildman–Crippen LogP) is 3.72. The Morgan fingerprint density at radius 2 is 1.50 bits per heavy atom. The molecule has 0 atom stereocenters. The molecule has 0 aromatic heterocycles. The third kappa shape index (κ3) is 4.53. The summed E-state index contributed by atoms with van der Waals surface area (Å²) in [7, 11) is 0.744. The van der Waals surface area contributed by atoms with Gasteiger partial charge >= 0.3 is 18.9 Å². The summed E-state index contributed by atoms with van der Waals surface area (Å²) >= 11 is 24.1. The van der Waals surface area contributed by atoms with E-state index in [1.54, 1.807) is 0 Å². The number of hydrogen-bond donors (Lipinski definition) is 0.